The molecule has 0 fully saturated rings. The Kier molecular flexibility index (Phi) is 3.09. The Labute approximate surface area is 116 Å². The van der Waals surface area contributed by atoms with Crippen LogP contribution >= 0.6 is 11.3 Å². The minimum Gasteiger partial charge on any atom is -0.399 e. The first-order valence-electron chi connectivity index (χ1n) is 6.18. The summed E-state index contributed by atoms with van der Waals surface area (Å²) in [7, 11) is 0. The maximum atomic E-state index is 5.82. The highest BCUT2D eigenvalue weighted by Gasteiger charge is 2.09. The third-order valence-corrected chi connectivity index (χ3v) is 4.03. The van der Waals surface area contributed by atoms with Crippen molar-refractivity contribution in [1.82, 2.24) is 4.98 Å². The monoisotopic (exact) mass is 269 g/mol. The number of hydrogen-bond acceptors (Lipinski definition) is 4. The van der Waals surface area contributed by atoms with Gasteiger partial charge in [-0.3, -0.25) is 0 Å². The second-order valence-corrected chi connectivity index (χ2v) is 5.48. The number of nitrogens with one attached hydrogen (secondary N) is 1. The zero-order valence-electron chi connectivity index (χ0n) is 10.6. The fourth-order valence-corrected chi connectivity index (χ4v) is 2.91. The van der Waals surface area contributed by atoms with Gasteiger partial charge in [-0.15, -0.1) is 11.3 Å². The molecule has 2 heterocycles. The Hall–Kier alpha value is -2.07. The molecule has 4 heteroatoms. The minimum atomic E-state index is 0.168. The first-order chi connectivity index (χ1) is 9.24. The second kappa shape index (κ2) is 4.90. The van der Waals surface area contributed by atoms with Crippen LogP contribution in [0.3, 0.4) is 0 Å². The van der Waals surface area contributed by atoms with E-state index in [-0.39, 0.29) is 6.04 Å². The molecule has 3 nitrogen and oxygen atoms in total. The van der Waals surface area contributed by atoms with Crippen LogP contribution in [0.15, 0.2) is 48.0 Å². The van der Waals surface area contributed by atoms with E-state index in [0.717, 1.165) is 17.1 Å². The summed E-state index contributed by atoms with van der Waals surface area (Å²) in [5.41, 5.74) is 7.77. The van der Waals surface area contributed by atoms with Crippen LogP contribution in [-0.4, -0.2) is 4.98 Å². The van der Waals surface area contributed by atoms with E-state index in [2.05, 4.69) is 34.7 Å². The normalized spacial score (nSPS) is 12.5. The van der Waals surface area contributed by atoms with E-state index in [1.54, 1.807) is 11.3 Å². The Morgan fingerprint density at radius 2 is 2.16 bits per heavy atom. The van der Waals surface area contributed by atoms with Gasteiger partial charge >= 0.3 is 0 Å². The fourth-order valence-electron chi connectivity index (χ4n) is 2.13. The topological polar surface area (TPSA) is 50.9 Å². The van der Waals surface area contributed by atoms with Gasteiger partial charge in [0.25, 0.3) is 0 Å². The molecule has 0 amide bonds. The van der Waals surface area contributed by atoms with Gasteiger partial charge < -0.3 is 11.1 Å². The van der Waals surface area contributed by atoms with Gasteiger partial charge in [-0.05, 0) is 42.1 Å². The molecule has 0 spiro atoms. The number of pyridine rings is 1. The van der Waals surface area contributed by atoms with E-state index in [1.165, 1.54) is 10.1 Å². The van der Waals surface area contributed by atoms with Gasteiger partial charge in [-0.1, -0.05) is 12.1 Å². The summed E-state index contributed by atoms with van der Waals surface area (Å²) in [5.74, 6) is 0.925. The van der Waals surface area contributed by atoms with Gasteiger partial charge in [0.2, 0.25) is 0 Å². The van der Waals surface area contributed by atoms with Gasteiger partial charge in [0.1, 0.15) is 5.82 Å². The van der Waals surface area contributed by atoms with E-state index in [9.17, 15) is 0 Å². The molecular formula is C15H15N3S. The lowest BCUT2D eigenvalue weighted by Gasteiger charge is -2.16. The summed E-state index contributed by atoms with van der Waals surface area (Å²) in [5, 5.41) is 6.71. The number of thiophene rings is 1. The van der Waals surface area contributed by atoms with Crippen LogP contribution in [0.1, 0.15) is 18.5 Å². The van der Waals surface area contributed by atoms with E-state index in [0.29, 0.717) is 0 Å². The van der Waals surface area contributed by atoms with E-state index in [1.807, 2.05) is 30.5 Å². The van der Waals surface area contributed by atoms with Crippen molar-refractivity contribution in [2.45, 2.75) is 13.0 Å². The summed E-state index contributed by atoms with van der Waals surface area (Å²) in [6.45, 7) is 2.11. The minimum absolute atomic E-state index is 0.168. The van der Waals surface area contributed by atoms with Crippen LogP contribution in [0.5, 0.6) is 0 Å². The number of rotatable bonds is 3. The van der Waals surface area contributed by atoms with Gasteiger partial charge in [0, 0.05) is 22.0 Å². The van der Waals surface area contributed by atoms with Crippen molar-refractivity contribution in [2.75, 3.05) is 11.1 Å². The Morgan fingerprint density at radius 3 is 3.00 bits per heavy atom. The van der Waals surface area contributed by atoms with Crippen molar-refractivity contribution in [3.63, 3.8) is 0 Å². The van der Waals surface area contributed by atoms with E-state index in [4.69, 9.17) is 5.73 Å². The zero-order chi connectivity index (χ0) is 13.2. The summed E-state index contributed by atoms with van der Waals surface area (Å²) >= 11 is 1.73. The predicted octanol–water partition coefficient (Wildman–Crippen LogP) is 4.05. The molecule has 3 aromatic rings. The highest BCUT2D eigenvalue weighted by molar-refractivity contribution is 7.17. The molecule has 0 radical (unpaired) electrons. The van der Waals surface area contributed by atoms with Crippen molar-refractivity contribution in [2.24, 2.45) is 0 Å². The molecule has 1 atom stereocenters. The molecule has 0 aliphatic rings. The molecule has 1 aromatic carbocycles. The lowest BCUT2D eigenvalue weighted by Crippen LogP contribution is -2.08. The molecule has 0 aliphatic heterocycles. The van der Waals surface area contributed by atoms with Gasteiger partial charge in [0.15, 0.2) is 0 Å². The average molecular weight is 269 g/mol. The maximum Gasteiger partial charge on any atom is 0.135 e. The summed E-state index contributed by atoms with van der Waals surface area (Å²) < 4.78 is 1.25. The molecule has 3 N–H and O–H groups in total. The summed E-state index contributed by atoms with van der Waals surface area (Å²) in [6, 6.07) is 12.2. The molecule has 3 rings (SSSR count). The molecule has 0 aliphatic carbocycles. The number of anilines is 2. The SMILES string of the molecule is CC(Nc1nccc2sccc12)c1cccc(N)c1. The summed E-state index contributed by atoms with van der Waals surface area (Å²) in [6.07, 6.45) is 1.84. The third-order valence-electron chi connectivity index (χ3n) is 3.14. The molecule has 1 unspecified atom stereocenters. The molecule has 0 saturated carbocycles. The maximum absolute atomic E-state index is 5.82. The lowest BCUT2D eigenvalue weighted by atomic mass is 10.1. The molecule has 2 aromatic heterocycles. The van der Waals surface area contributed by atoms with E-state index >= 15 is 0 Å². The third kappa shape index (κ3) is 2.39. The largest absolute Gasteiger partial charge is 0.399 e. The van der Waals surface area contributed by atoms with Crippen LogP contribution in [0.25, 0.3) is 10.1 Å². The van der Waals surface area contributed by atoms with Crippen LogP contribution in [0.2, 0.25) is 0 Å². The Bertz CT molecular complexity index is 705. The van der Waals surface area contributed by atoms with Crippen LogP contribution < -0.4 is 11.1 Å². The van der Waals surface area contributed by atoms with Gasteiger partial charge in [-0.2, -0.15) is 0 Å². The van der Waals surface area contributed by atoms with Crippen LogP contribution in [0.4, 0.5) is 11.5 Å². The predicted molar refractivity (Wildman–Crippen MR) is 82.5 cm³/mol. The number of aromatic nitrogens is 1. The molecule has 0 bridgehead atoms. The quantitative estimate of drug-likeness (QED) is 0.705. The number of nitrogens with two attached hydrogens (primary N) is 1. The van der Waals surface area contributed by atoms with Crippen LogP contribution in [-0.2, 0) is 0 Å². The number of nitrogen functional groups attached to an aromatic ring is 1. The second-order valence-electron chi connectivity index (χ2n) is 4.53. The Morgan fingerprint density at radius 1 is 1.26 bits per heavy atom. The first kappa shape index (κ1) is 12.0. The number of fused-ring (bicyclic) bond motifs is 1. The average Bonchev–Trinajstić information content (AvgIpc) is 2.88. The molecule has 19 heavy (non-hydrogen) atoms. The van der Waals surface area contributed by atoms with Crippen molar-refractivity contribution in [3.8, 4) is 0 Å². The molecule has 96 valence electrons. The number of benzene rings is 1. The highest BCUT2D eigenvalue weighted by atomic mass is 32.1. The zero-order valence-corrected chi connectivity index (χ0v) is 11.4. The van der Waals surface area contributed by atoms with Crippen molar-refractivity contribution >= 4 is 32.9 Å². The smallest absolute Gasteiger partial charge is 0.135 e. The highest BCUT2D eigenvalue weighted by Crippen LogP contribution is 2.28. The van der Waals surface area contributed by atoms with Gasteiger partial charge in [0.05, 0.1) is 6.04 Å². The molecule has 0 saturated heterocycles. The van der Waals surface area contributed by atoms with Crippen LogP contribution in [0, 0.1) is 0 Å². The van der Waals surface area contributed by atoms with Gasteiger partial charge in [-0.25, -0.2) is 4.98 Å². The van der Waals surface area contributed by atoms with Crippen molar-refractivity contribution < 1.29 is 0 Å². The van der Waals surface area contributed by atoms with Crippen molar-refractivity contribution in [1.29, 1.82) is 0 Å². The lowest BCUT2D eigenvalue weighted by molar-refractivity contribution is 0.878. The fraction of sp³-hybridized carbons (Fsp3) is 0.133. The first-order valence-corrected chi connectivity index (χ1v) is 7.06. The standard InChI is InChI=1S/C15H15N3S/c1-10(11-3-2-4-12(16)9-11)18-15-13-6-8-19-14(13)5-7-17-15/h2-10H,16H2,1H3,(H,17,18). The number of hydrogen-bond donors (Lipinski definition) is 2. The summed E-state index contributed by atoms with van der Waals surface area (Å²) in [4.78, 5) is 4.43. The molecular weight excluding hydrogens is 254 g/mol. The van der Waals surface area contributed by atoms with E-state index < -0.39 is 0 Å². The van der Waals surface area contributed by atoms with Crippen molar-refractivity contribution in [3.05, 3.63) is 53.5 Å². The number of nitrogens with zero attached hydrogens (tertiary/aromatic N) is 1. The Balaban J connectivity index is 1.90.